The summed E-state index contributed by atoms with van der Waals surface area (Å²) in [5.41, 5.74) is -1.25. The van der Waals surface area contributed by atoms with Crippen LogP contribution in [-0.2, 0) is 57.1 Å². The summed E-state index contributed by atoms with van der Waals surface area (Å²) in [6.45, 7) is 20.6. The molecular weight excluding hydrogens is 740 g/mol. The summed E-state index contributed by atoms with van der Waals surface area (Å²) in [5, 5.41) is 20.3. The lowest BCUT2D eigenvalue weighted by Gasteiger charge is -2.52. The number of aliphatic hydroxyl groups is 1. The monoisotopic (exact) mass is 815 g/mol. The molecule has 57 heavy (non-hydrogen) atoms. The molecule has 6 saturated heterocycles. The van der Waals surface area contributed by atoms with Gasteiger partial charge in [-0.1, -0.05) is 48.5 Å². The molecule has 14 heteroatoms. The molecule has 6 aliphatic heterocycles. The van der Waals surface area contributed by atoms with Crippen LogP contribution in [0.15, 0.2) is 0 Å². The number of ether oxygens (including phenoxy) is 10. The molecule has 1 spiro atoms. The molecule has 2 N–H and O–H groups in total. The Hall–Kier alpha value is -1.01. The fourth-order valence-electron chi connectivity index (χ4n) is 12.3. The van der Waals surface area contributed by atoms with Gasteiger partial charge in [-0.25, -0.2) is 4.79 Å². The number of carbonyl (C=O) groups excluding carboxylic acids is 1. The highest BCUT2D eigenvalue weighted by molar-refractivity contribution is 5.69. The maximum atomic E-state index is 12.2. The molecule has 0 saturated carbocycles. The molecule has 0 radical (unpaired) electrons. The van der Waals surface area contributed by atoms with Gasteiger partial charge in [0.25, 0.3) is 0 Å². The minimum Gasteiger partial charge on any atom is -0.381 e. The van der Waals surface area contributed by atoms with Crippen LogP contribution in [0, 0.1) is 41.4 Å². The third kappa shape index (κ3) is 8.11. The van der Waals surface area contributed by atoms with E-state index >= 15 is 0 Å². The Morgan fingerprint density at radius 3 is 2.00 bits per heavy atom. The summed E-state index contributed by atoms with van der Waals surface area (Å²) in [5.74, 6) is -3.48. The first kappa shape index (κ1) is 45.5. The third-order valence-corrected chi connectivity index (χ3v) is 15.8. The minimum atomic E-state index is -1.38. The molecule has 0 aliphatic carbocycles. The Morgan fingerprint density at radius 2 is 1.39 bits per heavy atom. The molecule has 22 atom stereocenters. The molecule has 6 aliphatic rings. The zero-order valence-corrected chi connectivity index (χ0v) is 36.9. The number of carbonyl (C=O) groups is 1. The normalized spacial score (nSPS) is 53.6. The van der Waals surface area contributed by atoms with Crippen molar-refractivity contribution in [2.75, 3.05) is 28.4 Å². The Labute approximate surface area is 340 Å². The highest BCUT2D eigenvalue weighted by Gasteiger charge is 2.64. The maximum absolute atomic E-state index is 12.2. The average molecular weight is 815 g/mol. The van der Waals surface area contributed by atoms with Crippen molar-refractivity contribution >= 4 is 5.97 Å². The van der Waals surface area contributed by atoms with Gasteiger partial charge < -0.3 is 57.4 Å². The van der Waals surface area contributed by atoms with Crippen LogP contribution >= 0.6 is 0 Å². The molecule has 0 aromatic carbocycles. The summed E-state index contributed by atoms with van der Waals surface area (Å²) >= 11 is 0. The fourth-order valence-corrected chi connectivity index (χ4v) is 12.3. The van der Waals surface area contributed by atoms with Gasteiger partial charge in [-0.15, -0.1) is 0 Å². The van der Waals surface area contributed by atoms with E-state index in [0.29, 0.717) is 12.8 Å². The standard InChI is InChI=1S/C43H74O14/c1-21-28(19-31(44)56-46)51-33(23(3)32(21)48-12)24(4)34-22(2)29(47-11)20-43(55-34)18-17-40(8,57-43)30-15-16-41(9,53-30)39-26(6)36(50-14)38(52-39)37-25(5)35(49-13)27(7)42(10,45)54-37/h21-30,32-39,45-46H,15-20H2,1-14H3/t21-,22-,23-,24+,25+,26+,27-,28-,29+,30?,32+,33+,34+,35+,36-,37?,38-,39-,40+,41+,42+,43-/m1/s1. The number of rotatable bonds is 11. The predicted molar refractivity (Wildman–Crippen MR) is 207 cm³/mol. The molecule has 0 amide bonds. The van der Waals surface area contributed by atoms with Gasteiger partial charge in [0, 0.05) is 82.7 Å². The van der Waals surface area contributed by atoms with E-state index in [4.69, 9.17) is 52.6 Å². The molecule has 0 bridgehead atoms. The first-order valence-electron chi connectivity index (χ1n) is 21.5. The van der Waals surface area contributed by atoms with E-state index in [1.54, 1.807) is 35.4 Å². The van der Waals surface area contributed by atoms with Gasteiger partial charge in [0.15, 0.2) is 11.6 Å². The first-order chi connectivity index (χ1) is 26.7. The van der Waals surface area contributed by atoms with E-state index < -0.39 is 47.1 Å². The van der Waals surface area contributed by atoms with E-state index in [0.717, 1.165) is 19.3 Å². The molecular formula is C43H74O14. The highest BCUT2D eigenvalue weighted by atomic mass is 17.1. The topological polar surface area (TPSA) is 159 Å². The van der Waals surface area contributed by atoms with Gasteiger partial charge in [-0.05, 0) is 40.0 Å². The second-order valence-corrected chi connectivity index (χ2v) is 19.4. The van der Waals surface area contributed by atoms with Crippen molar-refractivity contribution in [3.05, 3.63) is 0 Å². The number of methoxy groups -OCH3 is 4. The molecule has 6 heterocycles. The van der Waals surface area contributed by atoms with Gasteiger partial charge >= 0.3 is 5.97 Å². The first-order valence-corrected chi connectivity index (χ1v) is 21.5. The fraction of sp³-hybridized carbons (Fsp3) is 0.977. The van der Waals surface area contributed by atoms with Gasteiger partial charge in [-0.2, -0.15) is 5.26 Å². The Kier molecular flexibility index (Phi) is 13.6. The number of hydrogen-bond acceptors (Lipinski definition) is 14. The Balaban J connectivity index is 1.18. The van der Waals surface area contributed by atoms with Crippen LogP contribution in [0.4, 0.5) is 0 Å². The largest absolute Gasteiger partial charge is 0.381 e. The van der Waals surface area contributed by atoms with Crippen molar-refractivity contribution in [2.24, 2.45) is 41.4 Å². The lowest BCUT2D eigenvalue weighted by molar-refractivity contribution is -0.341. The van der Waals surface area contributed by atoms with E-state index in [1.807, 2.05) is 13.8 Å². The van der Waals surface area contributed by atoms with Crippen LogP contribution < -0.4 is 0 Å². The molecule has 330 valence electrons. The SMILES string of the molecule is CO[C@@H]1[C@@H](C)[C@@H]([C@H](C)[C@H]2O[C@@]3(CC[C@@](C)(C4CC[C@@](C)([C@@H]5O[C@@H](C6O[C@](C)(O)[C@H](C)[C@@H](OC)[C@@H]6C)[C@H](OC)[C@@H]5C)O4)O3)C[C@H](OC)[C@H]2C)O[C@H](CC(=O)OO)[C@H]1C. The summed E-state index contributed by atoms with van der Waals surface area (Å²) < 4.78 is 65.7. The highest BCUT2D eigenvalue weighted by Crippen LogP contribution is 2.55. The minimum absolute atomic E-state index is 0.00101. The molecule has 0 aromatic heterocycles. The molecule has 14 nitrogen and oxygen atoms in total. The quantitative estimate of drug-likeness (QED) is 0.198. The van der Waals surface area contributed by atoms with Crippen LogP contribution in [0.2, 0.25) is 0 Å². The lowest BCUT2D eigenvalue weighted by Crippen LogP contribution is -2.60. The molecule has 0 aromatic rings. The number of hydrogen-bond donors (Lipinski definition) is 2. The maximum Gasteiger partial charge on any atom is 0.344 e. The third-order valence-electron chi connectivity index (χ3n) is 15.8. The summed E-state index contributed by atoms with van der Waals surface area (Å²) in [7, 11) is 6.83. The summed E-state index contributed by atoms with van der Waals surface area (Å²) in [4.78, 5) is 16.2. The van der Waals surface area contributed by atoms with Crippen molar-refractivity contribution in [2.45, 2.75) is 198 Å². The van der Waals surface area contributed by atoms with E-state index in [9.17, 15) is 9.90 Å². The van der Waals surface area contributed by atoms with E-state index in [-0.39, 0.29) is 96.7 Å². The van der Waals surface area contributed by atoms with Gasteiger partial charge in [0.2, 0.25) is 0 Å². The predicted octanol–water partition coefficient (Wildman–Crippen LogP) is 5.54. The van der Waals surface area contributed by atoms with Crippen LogP contribution in [0.25, 0.3) is 0 Å². The van der Waals surface area contributed by atoms with Crippen LogP contribution in [-0.4, -0.2) is 135 Å². The Morgan fingerprint density at radius 1 is 0.719 bits per heavy atom. The Bertz CT molecular complexity index is 1380. The summed E-state index contributed by atoms with van der Waals surface area (Å²) in [6.07, 6.45) is 0.252. The van der Waals surface area contributed by atoms with Crippen molar-refractivity contribution in [1.29, 1.82) is 0 Å². The second kappa shape index (κ2) is 17.0. The second-order valence-electron chi connectivity index (χ2n) is 19.4. The van der Waals surface area contributed by atoms with Crippen LogP contribution in [0.3, 0.4) is 0 Å². The van der Waals surface area contributed by atoms with E-state index in [2.05, 4.69) is 53.4 Å². The van der Waals surface area contributed by atoms with Crippen molar-refractivity contribution in [1.82, 2.24) is 0 Å². The zero-order valence-electron chi connectivity index (χ0n) is 36.9. The van der Waals surface area contributed by atoms with Crippen LogP contribution in [0.5, 0.6) is 0 Å². The van der Waals surface area contributed by atoms with Gasteiger partial charge in [0.05, 0.1) is 78.7 Å². The van der Waals surface area contributed by atoms with Crippen molar-refractivity contribution < 1.29 is 67.4 Å². The van der Waals surface area contributed by atoms with E-state index in [1.165, 1.54) is 0 Å². The molecule has 6 fully saturated rings. The van der Waals surface area contributed by atoms with Crippen molar-refractivity contribution in [3.63, 3.8) is 0 Å². The molecule has 2 unspecified atom stereocenters. The van der Waals surface area contributed by atoms with Gasteiger partial charge in [-0.3, -0.25) is 0 Å². The zero-order chi connectivity index (χ0) is 42.0. The average Bonchev–Trinajstić information content (AvgIpc) is 3.85. The van der Waals surface area contributed by atoms with Crippen molar-refractivity contribution in [3.8, 4) is 0 Å². The summed E-state index contributed by atoms with van der Waals surface area (Å²) in [6, 6.07) is 0. The smallest absolute Gasteiger partial charge is 0.344 e. The van der Waals surface area contributed by atoms with Gasteiger partial charge in [0.1, 0.15) is 6.10 Å². The lowest BCUT2D eigenvalue weighted by atomic mass is 9.73. The van der Waals surface area contributed by atoms with Crippen LogP contribution in [0.1, 0.15) is 108 Å². The molecule has 6 rings (SSSR count).